The van der Waals surface area contributed by atoms with Crippen LogP contribution < -0.4 is 4.74 Å². The van der Waals surface area contributed by atoms with Crippen LogP contribution in [0.2, 0.25) is 0 Å². The Bertz CT molecular complexity index is 639. The molecule has 1 atom stereocenters. The molecular formula is C23H36N2O4. The minimum absolute atomic E-state index is 0.0119. The lowest BCUT2D eigenvalue weighted by atomic mass is 9.97. The van der Waals surface area contributed by atoms with Crippen LogP contribution in [0.4, 0.5) is 0 Å². The number of carbonyl (C=O) groups is 1. The Kier molecular flexibility index (Phi) is 9.64. The number of hydrogen-bond acceptors (Lipinski definition) is 6. The average molecular weight is 405 g/mol. The second-order valence-corrected chi connectivity index (χ2v) is 7.97. The number of carbonyl (C=O) groups excluding carboxylic acids is 1. The minimum Gasteiger partial charge on any atom is -0.491 e. The van der Waals surface area contributed by atoms with Gasteiger partial charge < -0.3 is 19.5 Å². The number of piperidine rings is 1. The maximum Gasteiger partial charge on any atom is 0.308 e. The number of β-amino-alcohol motifs (C(OH)–C–C–N with tert-alkyl or cyclic N) is 1. The summed E-state index contributed by atoms with van der Waals surface area (Å²) in [5.74, 6) is 0.626. The van der Waals surface area contributed by atoms with Gasteiger partial charge in [-0.1, -0.05) is 31.2 Å². The monoisotopic (exact) mass is 404 g/mol. The third-order valence-electron chi connectivity index (χ3n) is 5.30. The molecular weight excluding hydrogens is 368 g/mol. The number of benzene rings is 1. The van der Waals surface area contributed by atoms with Gasteiger partial charge in [0.2, 0.25) is 0 Å². The van der Waals surface area contributed by atoms with Crippen molar-refractivity contribution in [3.63, 3.8) is 0 Å². The van der Waals surface area contributed by atoms with Crippen LogP contribution in [0.25, 0.3) is 0 Å². The molecule has 6 nitrogen and oxygen atoms in total. The first-order valence-corrected chi connectivity index (χ1v) is 10.5. The number of hydrogen-bond donors (Lipinski definition) is 1. The molecule has 1 aliphatic heterocycles. The van der Waals surface area contributed by atoms with Gasteiger partial charge in [0.15, 0.2) is 0 Å². The second-order valence-electron chi connectivity index (χ2n) is 7.97. The van der Waals surface area contributed by atoms with E-state index in [1.165, 1.54) is 12.7 Å². The van der Waals surface area contributed by atoms with Crippen LogP contribution in [-0.2, 0) is 16.1 Å². The van der Waals surface area contributed by atoms with Gasteiger partial charge in [-0.2, -0.15) is 0 Å². The fourth-order valence-corrected chi connectivity index (χ4v) is 3.67. The summed E-state index contributed by atoms with van der Waals surface area (Å²) in [5, 5.41) is 10.3. The normalized spacial score (nSPS) is 16.6. The van der Waals surface area contributed by atoms with Crippen LogP contribution in [0.15, 0.2) is 36.4 Å². The molecule has 1 aliphatic rings. The van der Waals surface area contributed by atoms with Crippen molar-refractivity contribution in [2.24, 2.45) is 5.92 Å². The largest absolute Gasteiger partial charge is 0.491 e. The van der Waals surface area contributed by atoms with Crippen molar-refractivity contribution in [1.82, 2.24) is 9.80 Å². The van der Waals surface area contributed by atoms with E-state index in [4.69, 9.17) is 9.47 Å². The van der Waals surface area contributed by atoms with Gasteiger partial charge in [-0.25, -0.2) is 0 Å². The number of nitrogens with zero attached hydrogens (tertiary/aromatic N) is 2. The molecule has 1 aromatic carbocycles. The van der Waals surface area contributed by atoms with Gasteiger partial charge in [-0.15, -0.1) is 0 Å². The molecule has 1 heterocycles. The number of aliphatic hydroxyl groups excluding tert-OH is 1. The molecule has 0 bridgehead atoms. The predicted octanol–water partition coefficient (Wildman–Crippen LogP) is 2.71. The van der Waals surface area contributed by atoms with E-state index in [-0.39, 0.29) is 18.5 Å². The van der Waals surface area contributed by atoms with Gasteiger partial charge in [0, 0.05) is 19.6 Å². The topological polar surface area (TPSA) is 62.2 Å². The highest BCUT2D eigenvalue weighted by Crippen LogP contribution is 2.19. The summed E-state index contributed by atoms with van der Waals surface area (Å²) in [7, 11) is 1.43. The molecule has 0 saturated carbocycles. The maximum atomic E-state index is 11.6. The molecule has 29 heavy (non-hydrogen) atoms. The van der Waals surface area contributed by atoms with E-state index in [2.05, 4.69) is 35.4 Å². The van der Waals surface area contributed by atoms with Crippen LogP contribution in [0.1, 0.15) is 32.3 Å². The Morgan fingerprint density at radius 3 is 2.52 bits per heavy atom. The molecule has 0 spiro atoms. The maximum absolute atomic E-state index is 11.6. The third-order valence-corrected chi connectivity index (χ3v) is 5.30. The van der Waals surface area contributed by atoms with Crippen LogP contribution >= 0.6 is 0 Å². The number of esters is 1. The van der Waals surface area contributed by atoms with Gasteiger partial charge in [0.1, 0.15) is 18.5 Å². The molecule has 2 rings (SSSR count). The lowest BCUT2D eigenvalue weighted by Crippen LogP contribution is -2.42. The fourth-order valence-electron chi connectivity index (χ4n) is 3.67. The van der Waals surface area contributed by atoms with E-state index < -0.39 is 6.10 Å². The second kappa shape index (κ2) is 12.0. The number of ether oxygens (including phenoxy) is 2. The van der Waals surface area contributed by atoms with Crippen LogP contribution in [0.3, 0.4) is 0 Å². The SMILES string of the molecule is C=C(C)CN(CC)Cc1ccc(OC[C@H](O)CN2CCC(C(=O)OC)CC2)cc1. The van der Waals surface area contributed by atoms with E-state index in [1.807, 2.05) is 19.1 Å². The standard InChI is InChI=1S/C23H36N2O4/c1-5-24(14-18(2)3)15-19-6-8-22(9-7-19)29-17-21(26)16-25-12-10-20(11-13-25)23(27)28-4/h6-9,20-21,26H,2,5,10-17H2,1,3-4H3/t21-/m1/s1. The number of aliphatic hydroxyl groups is 1. The molecule has 1 aromatic rings. The molecule has 1 N–H and O–H groups in total. The molecule has 0 aliphatic carbocycles. The molecule has 0 unspecified atom stereocenters. The number of methoxy groups -OCH3 is 1. The highest BCUT2D eigenvalue weighted by atomic mass is 16.5. The van der Waals surface area contributed by atoms with Crippen LogP contribution in [-0.4, -0.2) is 73.4 Å². The van der Waals surface area contributed by atoms with Crippen molar-refractivity contribution >= 4 is 5.97 Å². The van der Waals surface area contributed by atoms with Crippen molar-refractivity contribution in [1.29, 1.82) is 0 Å². The van der Waals surface area contributed by atoms with E-state index >= 15 is 0 Å². The smallest absolute Gasteiger partial charge is 0.308 e. The Labute approximate surface area is 175 Å². The fraction of sp³-hybridized carbons (Fsp3) is 0.609. The van der Waals surface area contributed by atoms with Crippen molar-refractivity contribution < 1.29 is 19.4 Å². The molecule has 1 fully saturated rings. The Morgan fingerprint density at radius 1 is 1.31 bits per heavy atom. The van der Waals surface area contributed by atoms with E-state index in [0.717, 1.165) is 56.9 Å². The lowest BCUT2D eigenvalue weighted by molar-refractivity contribution is -0.147. The average Bonchev–Trinajstić information content (AvgIpc) is 2.72. The Morgan fingerprint density at radius 2 is 1.97 bits per heavy atom. The first-order valence-electron chi connectivity index (χ1n) is 10.5. The first-order chi connectivity index (χ1) is 13.9. The summed E-state index contributed by atoms with van der Waals surface area (Å²) in [6, 6.07) is 8.05. The van der Waals surface area contributed by atoms with E-state index in [9.17, 15) is 9.90 Å². The molecule has 6 heteroatoms. The quantitative estimate of drug-likeness (QED) is 0.452. The summed E-state index contributed by atoms with van der Waals surface area (Å²) in [6.07, 6.45) is 1.000. The molecule has 0 radical (unpaired) electrons. The van der Waals surface area contributed by atoms with Crippen molar-refractivity contribution in [2.75, 3.05) is 46.4 Å². The van der Waals surface area contributed by atoms with E-state index in [1.54, 1.807) is 0 Å². The number of likely N-dealkylation sites (tertiary alicyclic amines) is 1. The zero-order valence-corrected chi connectivity index (χ0v) is 18.1. The molecule has 0 aromatic heterocycles. The summed E-state index contributed by atoms with van der Waals surface area (Å²) in [5.41, 5.74) is 2.39. The van der Waals surface area contributed by atoms with Crippen molar-refractivity contribution in [3.8, 4) is 5.75 Å². The van der Waals surface area contributed by atoms with Gasteiger partial charge in [-0.05, 0) is 57.1 Å². The highest BCUT2D eigenvalue weighted by Gasteiger charge is 2.26. The lowest BCUT2D eigenvalue weighted by Gasteiger charge is -2.31. The summed E-state index contributed by atoms with van der Waals surface area (Å²) in [4.78, 5) is 16.1. The summed E-state index contributed by atoms with van der Waals surface area (Å²) >= 11 is 0. The first kappa shape index (κ1) is 23.4. The van der Waals surface area contributed by atoms with Crippen molar-refractivity contribution in [3.05, 3.63) is 42.0 Å². The Balaban J connectivity index is 1.71. The summed E-state index contributed by atoms with van der Waals surface area (Å²) < 4.78 is 10.6. The molecule has 1 saturated heterocycles. The van der Waals surface area contributed by atoms with Gasteiger partial charge in [0.25, 0.3) is 0 Å². The van der Waals surface area contributed by atoms with Gasteiger partial charge in [0.05, 0.1) is 13.0 Å². The summed E-state index contributed by atoms with van der Waals surface area (Å²) in [6.45, 7) is 13.4. The minimum atomic E-state index is -0.560. The van der Waals surface area contributed by atoms with Crippen LogP contribution in [0, 0.1) is 5.92 Å². The van der Waals surface area contributed by atoms with Crippen LogP contribution in [0.5, 0.6) is 5.75 Å². The molecule has 0 amide bonds. The number of rotatable bonds is 11. The number of likely N-dealkylation sites (N-methyl/N-ethyl adjacent to an activating group) is 1. The van der Waals surface area contributed by atoms with E-state index in [0.29, 0.717) is 6.54 Å². The third kappa shape index (κ3) is 8.17. The van der Waals surface area contributed by atoms with Crippen molar-refractivity contribution in [2.45, 2.75) is 39.3 Å². The zero-order valence-electron chi connectivity index (χ0n) is 18.1. The molecule has 162 valence electrons. The Hall–Kier alpha value is -1.89. The zero-order chi connectivity index (χ0) is 21.2. The predicted molar refractivity (Wildman–Crippen MR) is 115 cm³/mol. The highest BCUT2D eigenvalue weighted by molar-refractivity contribution is 5.72. The van der Waals surface area contributed by atoms with Gasteiger partial charge >= 0.3 is 5.97 Å². The van der Waals surface area contributed by atoms with Gasteiger partial charge in [-0.3, -0.25) is 9.69 Å².